The van der Waals surface area contributed by atoms with Gasteiger partial charge in [-0.3, -0.25) is 4.79 Å². The highest BCUT2D eigenvalue weighted by molar-refractivity contribution is 5.69. The Morgan fingerprint density at radius 1 is 0.304 bits per heavy atom. The van der Waals surface area contributed by atoms with Gasteiger partial charge in [-0.15, -0.1) is 0 Å². The standard InChI is InChI=1S/C54H104O2/c1-3-5-7-9-11-13-15-17-19-21-22-23-24-25-26-27-28-29-30-31-32-33-34-35-36-37-38-40-42-44-46-48-50-52-54(55)56-53-51-49-47-45-43-41-39-20-18-16-14-12-10-8-6-4-2/h12,14,18,20H,3-11,13,15-17,19,21-53H2,1-2H3/b14-12-,20-18+. The van der Waals surface area contributed by atoms with E-state index in [9.17, 15) is 4.79 Å². The maximum absolute atomic E-state index is 12.0. The summed E-state index contributed by atoms with van der Waals surface area (Å²) in [6, 6.07) is 0. The van der Waals surface area contributed by atoms with Gasteiger partial charge in [0.25, 0.3) is 0 Å². The maximum atomic E-state index is 12.0. The molecule has 0 aromatic carbocycles. The highest BCUT2D eigenvalue weighted by atomic mass is 16.5. The Labute approximate surface area is 354 Å². The molecule has 56 heavy (non-hydrogen) atoms. The summed E-state index contributed by atoms with van der Waals surface area (Å²) >= 11 is 0. The van der Waals surface area contributed by atoms with Gasteiger partial charge in [0.15, 0.2) is 0 Å². The Hall–Kier alpha value is -1.05. The average Bonchev–Trinajstić information content (AvgIpc) is 3.20. The second kappa shape index (κ2) is 52.0. The molecule has 0 N–H and O–H groups in total. The van der Waals surface area contributed by atoms with E-state index in [0.29, 0.717) is 13.0 Å². The number of hydrogen-bond acceptors (Lipinski definition) is 2. The summed E-state index contributed by atoms with van der Waals surface area (Å²) in [5.41, 5.74) is 0. The Bertz CT molecular complexity index is 768. The van der Waals surface area contributed by atoms with Crippen LogP contribution in [0.5, 0.6) is 0 Å². The molecule has 0 radical (unpaired) electrons. The fraction of sp³-hybridized carbons (Fsp3) is 0.907. The molecule has 0 atom stereocenters. The van der Waals surface area contributed by atoms with Crippen LogP contribution in [0.1, 0.15) is 309 Å². The van der Waals surface area contributed by atoms with E-state index < -0.39 is 0 Å². The summed E-state index contributed by atoms with van der Waals surface area (Å²) in [7, 11) is 0. The molecule has 332 valence electrons. The fourth-order valence-electron chi connectivity index (χ4n) is 8.17. The van der Waals surface area contributed by atoms with Gasteiger partial charge in [-0.2, -0.15) is 0 Å². The molecule has 0 spiro atoms. The van der Waals surface area contributed by atoms with Crippen LogP contribution in [0, 0.1) is 0 Å². The Kier molecular flexibility index (Phi) is 51.0. The van der Waals surface area contributed by atoms with E-state index in [1.54, 1.807) is 0 Å². The molecule has 0 saturated carbocycles. The largest absolute Gasteiger partial charge is 0.466 e. The van der Waals surface area contributed by atoms with Gasteiger partial charge >= 0.3 is 5.97 Å². The topological polar surface area (TPSA) is 26.3 Å². The normalized spacial score (nSPS) is 11.8. The van der Waals surface area contributed by atoms with Crippen molar-refractivity contribution in [1.29, 1.82) is 0 Å². The van der Waals surface area contributed by atoms with Crippen LogP contribution in [0.3, 0.4) is 0 Å². The average molecular weight is 785 g/mol. The first kappa shape index (κ1) is 55.0. The highest BCUT2D eigenvalue weighted by Gasteiger charge is 2.03. The molecule has 0 aliphatic heterocycles. The summed E-state index contributed by atoms with van der Waals surface area (Å²) in [6.07, 6.45) is 71.9. The minimum atomic E-state index is 0.0216. The summed E-state index contributed by atoms with van der Waals surface area (Å²) < 4.78 is 5.48. The van der Waals surface area contributed by atoms with Crippen molar-refractivity contribution in [2.24, 2.45) is 0 Å². The molecule has 0 bridgehead atoms. The number of esters is 1. The molecule has 0 aromatic heterocycles. The minimum absolute atomic E-state index is 0.0216. The number of unbranched alkanes of at least 4 members (excludes halogenated alkanes) is 41. The lowest BCUT2D eigenvalue weighted by atomic mass is 10.0. The second-order valence-electron chi connectivity index (χ2n) is 17.9. The van der Waals surface area contributed by atoms with Crippen molar-refractivity contribution >= 4 is 5.97 Å². The number of carbonyl (C=O) groups excluding carboxylic acids is 1. The molecule has 0 rings (SSSR count). The molecule has 0 aromatic rings. The predicted molar refractivity (Wildman–Crippen MR) is 253 cm³/mol. The number of hydrogen-bond donors (Lipinski definition) is 0. The van der Waals surface area contributed by atoms with Gasteiger partial charge in [0.05, 0.1) is 6.61 Å². The third kappa shape index (κ3) is 51.0. The van der Waals surface area contributed by atoms with E-state index in [1.165, 1.54) is 270 Å². The second-order valence-corrected chi connectivity index (χ2v) is 17.9. The molecule has 0 aliphatic carbocycles. The predicted octanol–water partition coefficient (Wildman–Crippen LogP) is 19.6. The van der Waals surface area contributed by atoms with Crippen molar-refractivity contribution in [2.75, 3.05) is 6.61 Å². The van der Waals surface area contributed by atoms with E-state index in [2.05, 4.69) is 38.2 Å². The molecule has 0 aliphatic rings. The van der Waals surface area contributed by atoms with Crippen LogP contribution in [0.2, 0.25) is 0 Å². The summed E-state index contributed by atoms with van der Waals surface area (Å²) in [6.45, 7) is 5.19. The van der Waals surface area contributed by atoms with Crippen LogP contribution in [0.4, 0.5) is 0 Å². The number of carbonyl (C=O) groups is 1. The first-order valence-corrected chi connectivity index (χ1v) is 26.3. The van der Waals surface area contributed by atoms with Gasteiger partial charge < -0.3 is 4.74 Å². The van der Waals surface area contributed by atoms with Crippen molar-refractivity contribution < 1.29 is 9.53 Å². The number of allylic oxidation sites excluding steroid dienone is 4. The monoisotopic (exact) mass is 785 g/mol. The molecule has 2 nitrogen and oxygen atoms in total. The first-order valence-electron chi connectivity index (χ1n) is 26.3. The quantitative estimate of drug-likeness (QED) is 0.0349. The zero-order valence-corrected chi connectivity index (χ0v) is 38.9. The van der Waals surface area contributed by atoms with E-state index in [4.69, 9.17) is 4.74 Å². The van der Waals surface area contributed by atoms with Crippen LogP contribution in [0.25, 0.3) is 0 Å². The minimum Gasteiger partial charge on any atom is -0.466 e. The van der Waals surface area contributed by atoms with Crippen LogP contribution in [-0.4, -0.2) is 12.6 Å². The summed E-state index contributed by atoms with van der Waals surface area (Å²) in [4.78, 5) is 12.0. The van der Waals surface area contributed by atoms with Crippen LogP contribution in [-0.2, 0) is 9.53 Å². The van der Waals surface area contributed by atoms with Gasteiger partial charge in [0, 0.05) is 6.42 Å². The van der Waals surface area contributed by atoms with Crippen molar-refractivity contribution in [3.8, 4) is 0 Å². The zero-order chi connectivity index (χ0) is 40.3. The fourth-order valence-corrected chi connectivity index (χ4v) is 8.17. The van der Waals surface area contributed by atoms with Gasteiger partial charge in [0.2, 0.25) is 0 Å². The lowest BCUT2D eigenvalue weighted by Crippen LogP contribution is -2.05. The van der Waals surface area contributed by atoms with Crippen LogP contribution >= 0.6 is 0 Å². The molecule has 0 fully saturated rings. The van der Waals surface area contributed by atoms with Crippen molar-refractivity contribution in [1.82, 2.24) is 0 Å². The van der Waals surface area contributed by atoms with E-state index >= 15 is 0 Å². The molecule has 2 heteroatoms. The van der Waals surface area contributed by atoms with Gasteiger partial charge in [-0.1, -0.05) is 282 Å². The lowest BCUT2D eigenvalue weighted by molar-refractivity contribution is -0.143. The summed E-state index contributed by atoms with van der Waals surface area (Å²) in [5, 5.41) is 0. The lowest BCUT2D eigenvalue weighted by Gasteiger charge is -2.06. The van der Waals surface area contributed by atoms with Gasteiger partial charge in [-0.25, -0.2) is 0 Å². The molecular weight excluding hydrogens is 681 g/mol. The van der Waals surface area contributed by atoms with Crippen molar-refractivity contribution in [2.45, 2.75) is 309 Å². The van der Waals surface area contributed by atoms with Crippen LogP contribution < -0.4 is 0 Å². The SMILES string of the molecule is CCCCC/C=C\C/C=C/CCCCCCCCOC(=O)CCCCCCCCCCCCCCCCCCCCCCCCCCCCCCCCCCC. The zero-order valence-electron chi connectivity index (χ0n) is 38.9. The summed E-state index contributed by atoms with van der Waals surface area (Å²) in [5.74, 6) is 0.0216. The maximum Gasteiger partial charge on any atom is 0.305 e. The highest BCUT2D eigenvalue weighted by Crippen LogP contribution is 2.17. The molecule has 0 heterocycles. The molecule has 0 unspecified atom stereocenters. The third-order valence-electron chi connectivity index (χ3n) is 12.1. The van der Waals surface area contributed by atoms with E-state index in [0.717, 1.165) is 19.3 Å². The Balaban J connectivity index is 3.16. The van der Waals surface area contributed by atoms with Gasteiger partial charge in [-0.05, 0) is 44.9 Å². The van der Waals surface area contributed by atoms with Crippen molar-refractivity contribution in [3.05, 3.63) is 24.3 Å². The van der Waals surface area contributed by atoms with E-state index in [1.807, 2.05) is 0 Å². The van der Waals surface area contributed by atoms with Crippen LogP contribution in [0.15, 0.2) is 24.3 Å². The molecule has 0 amide bonds. The van der Waals surface area contributed by atoms with Gasteiger partial charge in [0.1, 0.15) is 0 Å². The van der Waals surface area contributed by atoms with Crippen molar-refractivity contribution in [3.63, 3.8) is 0 Å². The first-order chi connectivity index (χ1) is 27.8. The smallest absolute Gasteiger partial charge is 0.305 e. The Morgan fingerprint density at radius 3 is 0.893 bits per heavy atom. The number of ether oxygens (including phenoxy) is 1. The van der Waals surface area contributed by atoms with E-state index in [-0.39, 0.29) is 5.97 Å². The molecular formula is C54H104O2. The Morgan fingerprint density at radius 2 is 0.554 bits per heavy atom. The number of rotatable bonds is 49. The molecule has 0 saturated heterocycles. The third-order valence-corrected chi connectivity index (χ3v) is 12.1.